The molecule has 2 rings (SSSR count). The van der Waals surface area contributed by atoms with Gasteiger partial charge < -0.3 is 10.6 Å². The number of carbonyl (C=O) groups is 2. The highest BCUT2D eigenvalue weighted by atomic mass is 35.5. The fourth-order valence-corrected chi connectivity index (χ4v) is 2.97. The van der Waals surface area contributed by atoms with Gasteiger partial charge in [0, 0.05) is 10.7 Å². The first-order valence-electron chi connectivity index (χ1n) is 7.62. The molecule has 2 N–H and O–H groups in total. The standard InChI is InChI=1S/C18H18Cl2N2O2S/c1-25-11-10-16(18(24)21-13-8-6-12(19)7-9-13)22-17(23)14-4-2-3-5-15(14)20/h2-9,16H,10-11H2,1H3,(H,21,24)(H,22,23)/t16-/m0/s1. The molecule has 0 saturated carbocycles. The molecule has 0 spiro atoms. The van der Waals surface area contributed by atoms with Crippen LogP contribution in [0.2, 0.25) is 10.0 Å². The van der Waals surface area contributed by atoms with Crippen LogP contribution in [0.4, 0.5) is 5.69 Å². The van der Waals surface area contributed by atoms with Gasteiger partial charge in [0.05, 0.1) is 10.6 Å². The lowest BCUT2D eigenvalue weighted by molar-refractivity contribution is -0.118. The molecule has 4 nitrogen and oxygen atoms in total. The van der Waals surface area contributed by atoms with E-state index >= 15 is 0 Å². The fraction of sp³-hybridized carbons (Fsp3) is 0.222. The molecule has 7 heteroatoms. The van der Waals surface area contributed by atoms with Crippen LogP contribution in [-0.4, -0.2) is 29.9 Å². The lowest BCUT2D eigenvalue weighted by Crippen LogP contribution is -2.44. The van der Waals surface area contributed by atoms with Crippen molar-refractivity contribution in [3.63, 3.8) is 0 Å². The Balaban J connectivity index is 2.09. The molecule has 0 saturated heterocycles. The van der Waals surface area contributed by atoms with Gasteiger partial charge in [0.15, 0.2) is 0 Å². The number of carbonyl (C=O) groups excluding carboxylic acids is 2. The van der Waals surface area contributed by atoms with Crippen molar-refractivity contribution in [1.29, 1.82) is 0 Å². The Morgan fingerprint density at radius 2 is 1.76 bits per heavy atom. The number of hydrogen-bond acceptors (Lipinski definition) is 3. The van der Waals surface area contributed by atoms with Crippen molar-refractivity contribution in [2.75, 3.05) is 17.3 Å². The quantitative estimate of drug-likeness (QED) is 0.724. The van der Waals surface area contributed by atoms with E-state index in [2.05, 4.69) is 10.6 Å². The molecule has 25 heavy (non-hydrogen) atoms. The van der Waals surface area contributed by atoms with Crippen molar-refractivity contribution in [2.45, 2.75) is 12.5 Å². The fourth-order valence-electron chi connectivity index (χ4n) is 2.15. The van der Waals surface area contributed by atoms with E-state index in [0.29, 0.717) is 27.7 Å². The van der Waals surface area contributed by atoms with Crippen LogP contribution in [0.1, 0.15) is 16.8 Å². The second-order valence-corrected chi connectivity index (χ2v) is 7.11. The van der Waals surface area contributed by atoms with Crippen molar-refractivity contribution in [1.82, 2.24) is 5.32 Å². The first-order valence-corrected chi connectivity index (χ1v) is 9.77. The summed E-state index contributed by atoms with van der Waals surface area (Å²) in [6.45, 7) is 0. The number of hydrogen-bond donors (Lipinski definition) is 2. The normalized spacial score (nSPS) is 11.6. The topological polar surface area (TPSA) is 58.2 Å². The highest BCUT2D eigenvalue weighted by molar-refractivity contribution is 7.98. The summed E-state index contributed by atoms with van der Waals surface area (Å²) in [5.74, 6) is 0.0846. The number of nitrogens with one attached hydrogen (secondary N) is 2. The maximum atomic E-state index is 12.6. The van der Waals surface area contributed by atoms with E-state index in [-0.39, 0.29) is 11.8 Å². The second kappa shape index (κ2) is 9.70. The monoisotopic (exact) mass is 396 g/mol. The molecule has 0 aliphatic rings. The van der Waals surface area contributed by atoms with Crippen molar-refractivity contribution >= 4 is 52.5 Å². The molecule has 132 valence electrons. The summed E-state index contributed by atoms with van der Waals surface area (Å²) >= 11 is 13.5. The minimum atomic E-state index is -0.660. The van der Waals surface area contributed by atoms with Gasteiger partial charge in [-0.15, -0.1) is 0 Å². The Morgan fingerprint density at radius 3 is 2.40 bits per heavy atom. The van der Waals surface area contributed by atoms with E-state index in [1.807, 2.05) is 6.26 Å². The highest BCUT2D eigenvalue weighted by Gasteiger charge is 2.22. The zero-order valence-corrected chi connectivity index (χ0v) is 15.9. The van der Waals surface area contributed by atoms with Crippen LogP contribution >= 0.6 is 35.0 Å². The number of halogens is 2. The molecule has 0 heterocycles. The van der Waals surface area contributed by atoms with Gasteiger partial charge in [-0.05, 0) is 54.8 Å². The van der Waals surface area contributed by atoms with E-state index in [4.69, 9.17) is 23.2 Å². The zero-order valence-electron chi connectivity index (χ0n) is 13.6. The zero-order chi connectivity index (χ0) is 18.2. The predicted molar refractivity (Wildman–Crippen MR) is 106 cm³/mol. The number of benzene rings is 2. The van der Waals surface area contributed by atoms with E-state index in [0.717, 1.165) is 5.75 Å². The average molecular weight is 397 g/mol. The highest BCUT2D eigenvalue weighted by Crippen LogP contribution is 2.16. The summed E-state index contributed by atoms with van der Waals surface area (Å²) in [5, 5.41) is 6.50. The molecule has 2 aromatic rings. The van der Waals surface area contributed by atoms with Crippen LogP contribution in [0.3, 0.4) is 0 Å². The number of anilines is 1. The third kappa shape index (κ3) is 5.96. The molecule has 0 unspecified atom stereocenters. The summed E-state index contributed by atoms with van der Waals surface area (Å²) in [7, 11) is 0. The van der Waals surface area contributed by atoms with E-state index in [1.165, 1.54) is 0 Å². The van der Waals surface area contributed by atoms with E-state index in [9.17, 15) is 9.59 Å². The van der Waals surface area contributed by atoms with Crippen molar-refractivity contribution in [3.8, 4) is 0 Å². The summed E-state index contributed by atoms with van der Waals surface area (Å²) in [5.41, 5.74) is 0.966. The summed E-state index contributed by atoms with van der Waals surface area (Å²) in [6.07, 6.45) is 2.46. The van der Waals surface area contributed by atoms with Crippen LogP contribution in [0.25, 0.3) is 0 Å². The molecule has 1 atom stereocenters. The first-order chi connectivity index (χ1) is 12.0. The SMILES string of the molecule is CSCC[C@H](NC(=O)c1ccccc1Cl)C(=O)Nc1ccc(Cl)cc1. The van der Waals surface area contributed by atoms with Crippen molar-refractivity contribution in [3.05, 3.63) is 64.1 Å². The maximum Gasteiger partial charge on any atom is 0.253 e. The second-order valence-electron chi connectivity index (χ2n) is 5.28. The van der Waals surface area contributed by atoms with Gasteiger partial charge in [0.25, 0.3) is 5.91 Å². The van der Waals surface area contributed by atoms with Crippen LogP contribution in [0, 0.1) is 0 Å². The van der Waals surface area contributed by atoms with Crippen molar-refractivity contribution < 1.29 is 9.59 Å². The molecular weight excluding hydrogens is 379 g/mol. The number of amides is 2. The molecule has 0 fully saturated rings. The van der Waals surface area contributed by atoms with Gasteiger partial charge in [-0.25, -0.2) is 0 Å². The molecule has 0 aliphatic heterocycles. The molecule has 2 aromatic carbocycles. The largest absolute Gasteiger partial charge is 0.340 e. The third-order valence-corrected chi connectivity index (χ3v) is 4.69. The smallest absolute Gasteiger partial charge is 0.253 e. The summed E-state index contributed by atoms with van der Waals surface area (Å²) in [4.78, 5) is 25.0. The Bertz CT molecular complexity index is 738. The molecular formula is C18H18Cl2N2O2S. The summed E-state index contributed by atoms with van der Waals surface area (Å²) in [6, 6.07) is 12.9. The predicted octanol–water partition coefficient (Wildman–Crippen LogP) is 4.48. The minimum Gasteiger partial charge on any atom is -0.340 e. The number of rotatable bonds is 7. The molecule has 2 amide bonds. The van der Waals surface area contributed by atoms with E-state index < -0.39 is 6.04 Å². The first kappa shape index (κ1) is 19.6. The van der Waals surface area contributed by atoms with Gasteiger partial charge in [-0.3, -0.25) is 9.59 Å². The average Bonchev–Trinajstić information content (AvgIpc) is 2.60. The van der Waals surface area contributed by atoms with Crippen LogP contribution in [-0.2, 0) is 4.79 Å². The third-order valence-electron chi connectivity index (χ3n) is 3.46. The van der Waals surface area contributed by atoms with Gasteiger partial charge in [-0.2, -0.15) is 11.8 Å². The van der Waals surface area contributed by atoms with Crippen LogP contribution in [0.15, 0.2) is 48.5 Å². The van der Waals surface area contributed by atoms with Gasteiger partial charge in [-0.1, -0.05) is 35.3 Å². The van der Waals surface area contributed by atoms with Gasteiger partial charge in [0.2, 0.25) is 5.91 Å². The maximum absolute atomic E-state index is 12.6. The Hall–Kier alpha value is -1.69. The molecule has 0 aliphatic carbocycles. The Labute approximate surface area is 161 Å². The molecule has 0 bridgehead atoms. The van der Waals surface area contributed by atoms with E-state index in [1.54, 1.807) is 60.3 Å². The molecule has 0 radical (unpaired) electrons. The summed E-state index contributed by atoms with van der Waals surface area (Å²) < 4.78 is 0. The number of thioether (sulfide) groups is 1. The lowest BCUT2D eigenvalue weighted by Gasteiger charge is -2.18. The lowest BCUT2D eigenvalue weighted by atomic mass is 10.1. The Kier molecular flexibility index (Phi) is 7.62. The Morgan fingerprint density at radius 1 is 1.08 bits per heavy atom. The van der Waals surface area contributed by atoms with Crippen molar-refractivity contribution in [2.24, 2.45) is 0 Å². The van der Waals surface area contributed by atoms with Gasteiger partial charge >= 0.3 is 0 Å². The van der Waals surface area contributed by atoms with Crippen LogP contribution < -0.4 is 10.6 Å². The molecule has 0 aromatic heterocycles. The minimum absolute atomic E-state index is 0.281. The van der Waals surface area contributed by atoms with Gasteiger partial charge in [0.1, 0.15) is 6.04 Å². The van der Waals surface area contributed by atoms with Crippen LogP contribution in [0.5, 0.6) is 0 Å².